The summed E-state index contributed by atoms with van der Waals surface area (Å²) in [5.41, 5.74) is 0.757. The largest absolute Gasteiger partial charge is 0.494 e. The molecule has 8 nitrogen and oxygen atoms in total. The van der Waals surface area contributed by atoms with Gasteiger partial charge in [0.2, 0.25) is 17.7 Å². The molecule has 1 aromatic rings. The molecule has 3 fully saturated rings. The van der Waals surface area contributed by atoms with Crippen LogP contribution in [-0.4, -0.2) is 87.1 Å². The zero-order valence-electron chi connectivity index (χ0n) is 25.6. The highest BCUT2D eigenvalue weighted by molar-refractivity contribution is 8.02. The second-order valence-electron chi connectivity index (χ2n) is 12.7. The van der Waals surface area contributed by atoms with Crippen LogP contribution in [0.2, 0.25) is 0 Å². The topological polar surface area (TPSA) is 90.4 Å². The number of likely N-dealkylation sites (tertiary alicyclic amines) is 1. The molecule has 1 saturated carbocycles. The molecule has 2 saturated heterocycles. The van der Waals surface area contributed by atoms with Gasteiger partial charge >= 0.3 is 0 Å². The molecule has 5 aliphatic rings. The number of aliphatic hydroxyl groups excluding tert-OH is 1. The van der Waals surface area contributed by atoms with Gasteiger partial charge in [-0.2, -0.15) is 0 Å². The molecule has 4 heterocycles. The maximum atomic E-state index is 14.8. The summed E-state index contributed by atoms with van der Waals surface area (Å²) in [4.78, 5) is 49.5. The molecule has 1 N–H and O–H groups in total. The Labute approximate surface area is 259 Å². The first kappa shape index (κ1) is 30.3. The van der Waals surface area contributed by atoms with E-state index in [0.717, 1.165) is 43.5 Å². The van der Waals surface area contributed by atoms with Gasteiger partial charge in [0, 0.05) is 30.1 Å². The van der Waals surface area contributed by atoms with Gasteiger partial charge in [-0.05, 0) is 49.9 Å². The number of anilines is 1. The Morgan fingerprint density at radius 2 is 1.74 bits per heavy atom. The van der Waals surface area contributed by atoms with Crippen molar-refractivity contribution in [3.8, 4) is 5.75 Å². The lowest BCUT2D eigenvalue weighted by Gasteiger charge is -2.42. The SMILES string of the molecule is CCOc1ccc(N2CC=C[C@H]3S[C@]45C=CCN(C6CCCCC6)C(=O)C4N([C@@H](CO)[C@@H](C)CC)C(=O)[C@@H]5[C@H]3C2=O)cc1. The molecule has 1 spiro atoms. The third kappa shape index (κ3) is 5.00. The summed E-state index contributed by atoms with van der Waals surface area (Å²) in [5, 5.41) is 10.4. The lowest BCUT2D eigenvalue weighted by Crippen LogP contribution is -2.59. The molecule has 1 aromatic carbocycles. The van der Waals surface area contributed by atoms with Crippen LogP contribution in [-0.2, 0) is 14.4 Å². The quantitative estimate of drug-likeness (QED) is 0.440. The predicted molar refractivity (Wildman–Crippen MR) is 169 cm³/mol. The second-order valence-corrected chi connectivity index (χ2v) is 14.2. The molecule has 7 atom stereocenters. The number of carbonyl (C=O) groups excluding carboxylic acids is 3. The van der Waals surface area contributed by atoms with Crippen molar-refractivity contribution >= 4 is 35.2 Å². The lowest BCUT2D eigenvalue weighted by atomic mass is 9.78. The van der Waals surface area contributed by atoms with Gasteiger partial charge in [0.25, 0.3) is 0 Å². The van der Waals surface area contributed by atoms with Gasteiger partial charge in [0.1, 0.15) is 11.8 Å². The van der Waals surface area contributed by atoms with E-state index >= 15 is 0 Å². The van der Waals surface area contributed by atoms with Crippen molar-refractivity contribution in [1.82, 2.24) is 9.80 Å². The number of ether oxygens (including phenoxy) is 1. The van der Waals surface area contributed by atoms with Gasteiger partial charge in [-0.15, -0.1) is 11.8 Å². The number of thioether (sulfide) groups is 1. The Morgan fingerprint density at radius 3 is 2.42 bits per heavy atom. The summed E-state index contributed by atoms with van der Waals surface area (Å²) in [6.45, 7) is 7.29. The number of fused-ring (bicyclic) bond motifs is 2. The fourth-order valence-electron chi connectivity index (χ4n) is 8.11. The van der Waals surface area contributed by atoms with Crippen molar-refractivity contribution in [1.29, 1.82) is 0 Å². The highest BCUT2D eigenvalue weighted by Gasteiger charge is 2.72. The number of aliphatic hydroxyl groups is 1. The Kier molecular flexibility index (Phi) is 8.66. The summed E-state index contributed by atoms with van der Waals surface area (Å²) in [7, 11) is 0. The van der Waals surface area contributed by atoms with Gasteiger partial charge in [0.05, 0.1) is 35.8 Å². The van der Waals surface area contributed by atoms with E-state index in [1.165, 1.54) is 6.42 Å². The predicted octanol–water partition coefficient (Wildman–Crippen LogP) is 4.42. The van der Waals surface area contributed by atoms with Crippen molar-refractivity contribution < 1.29 is 24.2 Å². The van der Waals surface area contributed by atoms with Gasteiger partial charge in [-0.3, -0.25) is 14.4 Å². The number of hydrogen-bond acceptors (Lipinski definition) is 6. The van der Waals surface area contributed by atoms with E-state index in [9.17, 15) is 19.5 Å². The summed E-state index contributed by atoms with van der Waals surface area (Å²) < 4.78 is 4.73. The van der Waals surface area contributed by atoms with Gasteiger partial charge in [0.15, 0.2) is 0 Å². The number of benzene rings is 1. The monoisotopic (exact) mass is 607 g/mol. The summed E-state index contributed by atoms with van der Waals surface area (Å²) in [6, 6.07) is 6.42. The smallest absolute Gasteiger partial charge is 0.247 e. The molecule has 4 aliphatic heterocycles. The number of hydrogen-bond donors (Lipinski definition) is 1. The standard InChI is InChI=1S/C34H45N3O5S/c1-4-22(3)26(21-38)37-30-33(41)36(23-11-7-6-8-12-23)20-10-18-34(30)29(32(37)40)28-27(43-34)13-9-19-35(31(28)39)24-14-16-25(17-15-24)42-5-2/h9-10,13-18,22-23,26-30,38H,4-8,11-12,19-21H2,1-3H3/t22-,26-,27+,28-,29-,30?,34-/m0/s1. The van der Waals surface area contributed by atoms with Crippen molar-refractivity contribution in [2.75, 3.05) is 31.2 Å². The molecular formula is C34H45N3O5S. The molecule has 1 aliphatic carbocycles. The normalized spacial score (nSPS) is 32.3. The third-order valence-electron chi connectivity index (χ3n) is 10.4. The van der Waals surface area contributed by atoms with E-state index in [-0.39, 0.29) is 41.5 Å². The Morgan fingerprint density at radius 1 is 1.00 bits per heavy atom. The van der Waals surface area contributed by atoms with E-state index in [1.807, 2.05) is 56.0 Å². The Hall–Kier alpha value is -2.78. The van der Waals surface area contributed by atoms with Crippen LogP contribution in [0, 0.1) is 17.8 Å². The van der Waals surface area contributed by atoms with Crippen LogP contribution in [0.3, 0.4) is 0 Å². The maximum absolute atomic E-state index is 14.8. The molecule has 6 rings (SSSR count). The first-order chi connectivity index (χ1) is 20.9. The highest BCUT2D eigenvalue weighted by Crippen LogP contribution is 2.62. The summed E-state index contributed by atoms with van der Waals surface area (Å²) in [5.74, 6) is -0.879. The van der Waals surface area contributed by atoms with E-state index in [0.29, 0.717) is 19.7 Å². The average molecular weight is 608 g/mol. The maximum Gasteiger partial charge on any atom is 0.247 e. The van der Waals surface area contributed by atoms with Crippen LogP contribution in [0.4, 0.5) is 5.69 Å². The van der Waals surface area contributed by atoms with E-state index < -0.39 is 28.7 Å². The fraction of sp³-hybridized carbons (Fsp3) is 0.618. The van der Waals surface area contributed by atoms with Crippen molar-refractivity contribution in [2.24, 2.45) is 17.8 Å². The van der Waals surface area contributed by atoms with Crippen LogP contribution in [0.1, 0.15) is 59.3 Å². The van der Waals surface area contributed by atoms with Crippen LogP contribution in [0.5, 0.6) is 5.75 Å². The number of amides is 3. The van der Waals surface area contributed by atoms with E-state index in [1.54, 1.807) is 21.6 Å². The van der Waals surface area contributed by atoms with Gasteiger partial charge in [-0.1, -0.05) is 63.8 Å². The minimum Gasteiger partial charge on any atom is -0.494 e. The molecule has 0 radical (unpaired) electrons. The molecular weight excluding hydrogens is 562 g/mol. The average Bonchev–Trinajstić information content (AvgIpc) is 3.34. The van der Waals surface area contributed by atoms with Crippen LogP contribution in [0.15, 0.2) is 48.6 Å². The Balaban J connectivity index is 1.41. The van der Waals surface area contributed by atoms with Crippen molar-refractivity contribution in [3.63, 3.8) is 0 Å². The zero-order chi connectivity index (χ0) is 30.3. The minimum atomic E-state index is -0.879. The third-order valence-corrected chi connectivity index (χ3v) is 12.2. The first-order valence-corrected chi connectivity index (χ1v) is 17.0. The summed E-state index contributed by atoms with van der Waals surface area (Å²) in [6.07, 6.45) is 14.4. The second kappa shape index (κ2) is 12.3. The van der Waals surface area contributed by atoms with Crippen LogP contribution >= 0.6 is 11.8 Å². The highest BCUT2D eigenvalue weighted by atomic mass is 32.2. The first-order valence-electron chi connectivity index (χ1n) is 16.2. The number of carbonyl (C=O) groups is 3. The van der Waals surface area contributed by atoms with Gasteiger partial charge < -0.3 is 24.5 Å². The molecule has 3 amide bonds. The number of nitrogens with zero attached hydrogens (tertiary/aromatic N) is 3. The molecule has 43 heavy (non-hydrogen) atoms. The van der Waals surface area contributed by atoms with E-state index in [2.05, 4.69) is 18.2 Å². The van der Waals surface area contributed by atoms with E-state index in [4.69, 9.17) is 4.74 Å². The lowest BCUT2D eigenvalue weighted by molar-refractivity contribution is -0.148. The molecule has 232 valence electrons. The Bertz CT molecular complexity index is 1280. The van der Waals surface area contributed by atoms with Crippen LogP contribution < -0.4 is 9.64 Å². The van der Waals surface area contributed by atoms with Gasteiger partial charge in [-0.25, -0.2) is 0 Å². The molecule has 9 heteroatoms. The van der Waals surface area contributed by atoms with Crippen molar-refractivity contribution in [3.05, 3.63) is 48.6 Å². The van der Waals surface area contributed by atoms with Crippen molar-refractivity contribution in [2.45, 2.75) is 87.4 Å². The molecule has 0 aromatic heterocycles. The summed E-state index contributed by atoms with van der Waals surface area (Å²) >= 11 is 1.61. The fourth-order valence-corrected chi connectivity index (χ4v) is 10.1. The molecule has 1 unspecified atom stereocenters. The van der Waals surface area contributed by atoms with Crippen LogP contribution in [0.25, 0.3) is 0 Å². The molecule has 0 bridgehead atoms. The number of rotatable bonds is 8. The minimum absolute atomic E-state index is 0.00105. The zero-order valence-corrected chi connectivity index (χ0v) is 26.4.